The van der Waals surface area contributed by atoms with Crippen LogP contribution in [0.1, 0.15) is 15.4 Å². The first-order chi connectivity index (χ1) is 7.54. The normalized spacial score (nSPS) is 9.62. The van der Waals surface area contributed by atoms with Crippen molar-refractivity contribution in [2.45, 2.75) is 6.92 Å². The molecule has 0 radical (unpaired) electrons. The molecule has 1 N–H and O–H groups in total. The summed E-state index contributed by atoms with van der Waals surface area (Å²) in [6, 6.07) is 0. The fourth-order valence-electron chi connectivity index (χ4n) is 0.906. The molecule has 0 spiro atoms. The number of anilines is 1. The van der Waals surface area contributed by atoms with Gasteiger partial charge in [-0.3, -0.25) is 10.1 Å². The number of thiol groups is 1. The number of carbonyl (C=O) groups is 2. The Morgan fingerprint density at radius 2 is 2.38 bits per heavy atom. The zero-order valence-electron chi connectivity index (χ0n) is 8.52. The van der Waals surface area contributed by atoms with E-state index in [0.29, 0.717) is 10.0 Å². The average Bonchev–Trinajstić information content (AvgIpc) is 2.56. The van der Waals surface area contributed by atoms with Gasteiger partial charge >= 0.3 is 6.09 Å². The molecule has 0 atom stereocenters. The van der Waals surface area contributed by atoms with Crippen molar-refractivity contribution < 1.29 is 14.3 Å². The van der Waals surface area contributed by atoms with Gasteiger partial charge in [-0.05, 0) is 6.92 Å². The number of amides is 1. The van der Waals surface area contributed by atoms with Gasteiger partial charge in [-0.25, -0.2) is 9.78 Å². The Hall–Kier alpha value is -1.34. The van der Waals surface area contributed by atoms with E-state index in [-0.39, 0.29) is 12.3 Å². The molecule has 0 aromatic carbocycles. The van der Waals surface area contributed by atoms with Crippen molar-refractivity contribution in [2.24, 2.45) is 0 Å². The Bertz CT molecular complexity index is 428. The van der Waals surface area contributed by atoms with Crippen molar-refractivity contribution in [2.75, 3.05) is 11.9 Å². The SMILES string of the molecule is C=CCOC(=O)Nc1nc(C(=O)S)c(C)s1. The van der Waals surface area contributed by atoms with Gasteiger partial charge in [-0.1, -0.05) is 25.3 Å². The Morgan fingerprint density at radius 1 is 1.69 bits per heavy atom. The van der Waals surface area contributed by atoms with Crippen LogP contribution < -0.4 is 5.32 Å². The minimum absolute atomic E-state index is 0.120. The maximum atomic E-state index is 11.1. The van der Waals surface area contributed by atoms with Crippen LogP contribution in [0.15, 0.2) is 12.7 Å². The monoisotopic (exact) mass is 258 g/mol. The predicted molar refractivity (Wildman–Crippen MR) is 65.3 cm³/mol. The Kier molecular flexibility index (Phi) is 4.51. The maximum Gasteiger partial charge on any atom is 0.413 e. The summed E-state index contributed by atoms with van der Waals surface area (Å²) in [6.45, 7) is 5.25. The minimum Gasteiger partial charge on any atom is -0.445 e. The summed E-state index contributed by atoms with van der Waals surface area (Å²) in [5.74, 6) is 0. The number of nitrogens with one attached hydrogen (secondary N) is 1. The molecule has 1 rings (SSSR count). The summed E-state index contributed by atoms with van der Waals surface area (Å²) in [7, 11) is 0. The molecule has 1 amide bonds. The number of aryl methyl sites for hydroxylation is 1. The van der Waals surface area contributed by atoms with Crippen LogP contribution in [0, 0.1) is 6.92 Å². The molecular formula is C9H10N2O3S2. The molecule has 16 heavy (non-hydrogen) atoms. The van der Waals surface area contributed by atoms with Crippen molar-refractivity contribution in [1.82, 2.24) is 4.98 Å². The third kappa shape index (κ3) is 3.35. The molecule has 0 aliphatic rings. The quantitative estimate of drug-likeness (QED) is 0.642. The van der Waals surface area contributed by atoms with Gasteiger partial charge < -0.3 is 4.74 Å². The lowest BCUT2D eigenvalue weighted by molar-refractivity contribution is 0.108. The molecule has 0 fully saturated rings. The standard InChI is InChI=1S/C9H10N2O3S2/c1-3-4-14-9(13)11-8-10-6(7(12)15)5(2)16-8/h3H,1,4H2,2H3,(H,12,15)(H,10,11,13). The van der Waals surface area contributed by atoms with E-state index in [1.165, 1.54) is 17.4 Å². The zero-order chi connectivity index (χ0) is 12.1. The highest BCUT2D eigenvalue weighted by molar-refractivity contribution is 7.97. The minimum atomic E-state index is -0.633. The van der Waals surface area contributed by atoms with Crippen LogP contribution in [-0.4, -0.2) is 22.8 Å². The molecule has 0 aliphatic heterocycles. The molecule has 0 saturated heterocycles. The molecule has 7 heteroatoms. The molecule has 86 valence electrons. The number of aromatic nitrogens is 1. The third-order valence-electron chi connectivity index (χ3n) is 1.54. The molecule has 0 bridgehead atoms. The highest BCUT2D eigenvalue weighted by atomic mass is 32.1. The van der Waals surface area contributed by atoms with Gasteiger partial charge in [-0.15, -0.1) is 11.3 Å². The highest BCUT2D eigenvalue weighted by Gasteiger charge is 2.14. The van der Waals surface area contributed by atoms with Gasteiger partial charge in [-0.2, -0.15) is 0 Å². The second kappa shape index (κ2) is 5.66. The molecule has 5 nitrogen and oxygen atoms in total. The van der Waals surface area contributed by atoms with Gasteiger partial charge in [0, 0.05) is 4.88 Å². The van der Waals surface area contributed by atoms with Crippen molar-refractivity contribution >= 4 is 40.3 Å². The lowest BCUT2D eigenvalue weighted by Gasteiger charge is -2.00. The van der Waals surface area contributed by atoms with Gasteiger partial charge in [0.1, 0.15) is 12.3 Å². The Labute approximate surface area is 102 Å². The summed E-state index contributed by atoms with van der Waals surface area (Å²) in [5, 5.41) is 2.28. The second-order valence-electron chi connectivity index (χ2n) is 2.74. The van der Waals surface area contributed by atoms with E-state index in [0.717, 1.165) is 0 Å². The molecular weight excluding hydrogens is 248 g/mol. The van der Waals surface area contributed by atoms with Crippen molar-refractivity contribution in [3.05, 3.63) is 23.2 Å². The summed E-state index contributed by atoms with van der Waals surface area (Å²) < 4.78 is 4.70. The van der Waals surface area contributed by atoms with Crippen LogP contribution in [0.4, 0.5) is 9.93 Å². The summed E-state index contributed by atoms with van der Waals surface area (Å²) in [6.07, 6.45) is 0.821. The molecule has 0 unspecified atom stereocenters. The maximum absolute atomic E-state index is 11.1. The first-order valence-corrected chi connectivity index (χ1v) is 5.56. The van der Waals surface area contributed by atoms with Gasteiger partial charge in [0.25, 0.3) is 0 Å². The van der Waals surface area contributed by atoms with E-state index in [4.69, 9.17) is 4.74 Å². The van der Waals surface area contributed by atoms with Crippen LogP contribution >= 0.6 is 24.0 Å². The van der Waals surface area contributed by atoms with E-state index < -0.39 is 11.2 Å². The topological polar surface area (TPSA) is 68.3 Å². The number of thiazole rings is 1. The number of carbonyl (C=O) groups excluding carboxylic acids is 2. The first-order valence-electron chi connectivity index (χ1n) is 4.30. The van der Waals surface area contributed by atoms with E-state index in [1.807, 2.05) is 0 Å². The van der Waals surface area contributed by atoms with Crippen LogP contribution in [-0.2, 0) is 4.74 Å². The number of nitrogens with zero attached hydrogens (tertiary/aromatic N) is 1. The van der Waals surface area contributed by atoms with Gasteiger partial charge in [0.15, 0.2) is 5.13 Å². The van der Waals surface area contributed by atoms with Crippen LogP contribution in [0.3, 0.4) is 0 Å². The first kappa shape index (κ1) is 12.7. The van der Waals surface area contributed by atoms with Crippen LogP contribution in [0.5, 0.6) is 0 Å². The van der Waals surface area contributed by atoms with Crippen LogP contribution in [0.2, 0.25) is 0 Å². The van der Waals surface area contributed by atoms with Gasteiger partial charge in [0.2, 0.25) is 5.12 Å². The number of rotatable bonds is 4. The summed E-state index contributed by atoms with van der Waals surface area (Å²) >= 11 is 4.85. The second-order valence-corrected chi connectivity index (χ2v) is 4.35. The summed E-state index contributed by atoms with van der Waals surface area (Å²) in [4.78, 5) is 26.7. The van der Waals surface area contributed by atoms with Crippen molar-refractivity contribution in [3.8, 4) is 0 Å². The van der Waals surface area contributed by atoms with Crippen LogP contribution in [0.25, 0.3) is 0 Å². The third-order valence-corrected chi connectivity index (χ3v) is 2.64. The Morgan fingerprint density at radius 3 is 2.88 bits per heavy atom. The van der Waals surface area contributed by atoms with E-state index in [9.17, 15) is 9.59 Å². The van der Waals surface area contributed by atoms with Crippen molar-refractivity contribution in [3.63, 3.8) is 0 Å². The van der Waals surface area contributed by atoms with Gasteiger partial charge in [0.05, 0.1) is 0 Å². The molecule has 1 heterocycles. The number of hydrogen-bond acceptors (Lipinski definition) is 5. The predicted octanol–water partition coefficient (Wildman–Crippen LogP) is 2.26. The zero-order valence-corrected chi connectivity index (χ0v) is 10.2. The number of hydrogen-bond donors (Lipinski definition) is 2. The highest BCUT2D eigenvalue weighted by Crippen LogP contribution is 2.23. The molecule has 1 aromatic heterocycles. The van der Waals surface area contributed by atoms with E-state index >= 15 is 0 Å². The molecule has 0 saturated carbocycles. The fourth-order valence-corrected chi connectivity index (χ4v) is 2.00. The molecule has 1 aromatic rings. The fraction of sp³-hybridized carbons (Fsp3) is 0.222. The molecule has 0 aliphatic carbocycles. The largest absolute Gasteiger partial charge is 0.445 e. The van der Waals surface area contributed by atoms with E-state index in [2.05, 4.69) is 29.5 Å². The smallest absolute Gasteiger partial charge is 0.413 e. The summed E-state index contributed by atoms with van der Waals surface area (Å²) in [5.41, 5.74) is 0.243. The average molecular weight is 258 g/mol. The lowest BCUT2D eigenvalue weighted by atomic mass is 10.4. The number of ether oxygens (including phenoxy) is 1. The Balaban J connectivity index is 2.68. The lowest BCUT2D eigenvalue weighted by Crippen LogP contribution is -2.13. The van der Waals surface area contributed by atoms with E-state index in [1.54, 1.807) is 6.92 Å². The van der Waals surface area contributed by atoms with Crippen molar-refractivity contribution in [1.29, 1.82) is 0 Å².